The number of nitrogens with zero attached hydrogens (tertiary/aromatic N) is 2. The topological polar surface area (TPSA) is 40.6 Å². The van der Waals surface area contributed by atoms with Gasteiger partial charge in [0.25, 0.3) is 5.91 Å². The number of halogens is 2. The number of hydrogen-bond donors (Lipinski definition) is 0. The van der Waals surface area contributed by atoms with Gasteiger partial charge in [0.1, 0.15) is 12.4 Å². The number of amides is 2. The first kappa shape index (κ1) is 24.0. The Hall–Kier alpha value is -2.70. The van der Waals surface area contributed by atoms with Gasteiger partial charge in [-0.3, -0.25) is 9.59 Å². The number of benzene rings is 2. The van der Waals surface area contributed by atoms with Gasteiger partial charge in [-0.1, -0.05) is 36.7 Å². The van der Waals surface area contributed by atoms with E-state index >= 15 is 0 Å². The van der Waals surface area contributed by atoms with Crippen LogP contribution in [0.1, 0.15) is 41.1 Å². The molecule has 1 heterocycles. The van der Waals surface area contributed by atoms with E-state index in [2.05, 4.69) is 0 Å². The van der Waals surface area contributed by atoms with Crippen LogP contribution in [0.25, 0.3) is 0 Å². The van der Waals surface area contributed by atoms with Crippen molar-refractivity contribution in [3.05, 3.63) is 92.9 Å². The maximum atomic E-state index is 13.4. The molecule has 0 spiro atoms. The first-order valence-electron chi connectivity index (χ1n) is 10.5. The molecule has 4 nitrogen and oxygen atoms in total. The summed E-state index contributed by atoms with van der Waals surface area (Å²) >= 11 is 7.53. The zero-order valence-corrected chi connectivity index (χ0v) is 19.7. The monoisotopic (exact) mass is 472 g/mol. The van der Waals surface area contributed by atoms with E-state index in [0.29, 0.717) is 23.7 Å². The molecule has 168 valence electrons. The zero-order chi connectivity index (χ0) is 23.1. The minimum absolute atomic E-state index is 0.0387. The second kappa shape index (κ2) is 11.2. The highest BCUT2D eigenvalue weighted by Crippen LogP contribution is 2.18. The first-order chi connectivity index (χ1) is 15.4. The van der Waals surface area contributed by atoms with E-state index in [0.717, 1.165) is 16.9 Å². The van der Waals surface area contributed by atoms with Crippen LogP contribution in [0.3, 0.4) is 0 Å². The summed E-state index contributed by atoms with van der Waals surface area (Å²) in [5, 5.41) is 2.51. The fourth-order valence-electron chi connectivity index (χ4n) is 3.29. The molecule has 32 heavy (non-hydrogen) atoms. The van der Waals surface area contributed by atoms with Gasteiger partial charge in [0.15, 0.2) is 0 Å². The second-order valence-electron chi connectivity index (χ2n) is 7.65. The third-order valence-corrected chi connectivity index (χ3v) is 6.46. The molecule has 0 saturated carbocycles. The van der Waals surface area contributed by atoms with Gasteiger partial charge in [0.05, 0.1) is 6.54 Å². The SMILES string of the molecule is CCC(C)N(CC(=O)N(Cc1ccc(F)cc1)Cc1cccs1)C(=O)c1ccc(Cl)cc1. The summed E-state index contributed by atoms with van der Waals surface area (Å²) < 4.78 is 13.3. The summed E-state index contributed by atoms with van der Waals surface area (Å²) in [6.45, 7) is 4.64. The maximum absolute atomic E-state index is 13.4. The molecule has 1 aromatic heterocycles. The van der Waals surface area contributed by atoms with Crippen molar-refractivity contribution in [3.8, 4) is 0 Å². The van der Waals surface area contributed by atoms with Crippen molar-refractivity contribution in [2.24, 2.45) is 0 Å². The number of carbonyl (C=O) groups is 2. The van der Waals surface area contributed by atoms with Crippen LogP contribution in [0, 0.1) is 5.82 Å². The summed E-state index contributed by atoms with van der Waals surface area (Å²) in [5.41, 5.74) is 1.32. The largest absolute Gasteiger partial charge is 0.332 e. The normalized spacial score (nSPS) is 11.8. The molecule has 2 amide bonds. The molecule has 0 radical (unpaired) electrons. The van der Waals surface area contributed by atoms with E-state index in [4.69, 9.17) is 11.6 Å². The highest BCUT2D eigenvalue weighted by molar-refractivity contribution is 7.09. The van der Waals surface area contributed by atoms with E-state index in [-0.39, 0.29) is 30.2 Å². The maximum Gasteiger partial charge on any atom is 0.254 e. The lowest BCUT2D eigenvalue weighted by Gasteiger charge is -2.31. The summed E-state index contributed by atoms with van der Waals surface area (Å²) in [5.74, 6) is -0.686. The van der Waals surface area contributed by atoms with Gasteiger partial charge in [-0.25, -0.2) is 4.39 Å². The summed E-state index contributed by atoms with van der Waals surface area (Å²) in [7, 11) is 0. The molecular weight excluding hydrogens is 447 g/mol. The molecule has 0 aliphatic rings. The standard InChI is InChI=1S/C25H26ClFN2O2S/c1-3-18(2)29(25(31)20-8-10-21(26)11-9-20)17-24(30)28(16-23-5-4-14-32-23)15-19-6-12-22(27)13-7-19/h4-14,18H,3,15-17H2,1-2H3. The Morgan fingerprint density at radius 3 is 2.31 bits per heavy atom. The van der Waals surface area contributed by atoms with Crippen LogP contribution in [0.2, 0.25) is 5.02 Å². The van der Waals surface area contributed by atoms with Crippen molar-refractivity contribution in [3.63, 3.8) is 0 Å². The smallest absolute Gasteiger partial charge is 0.254 e. The average Bonchev–Trinajstić information content (AvgIpc) is 3.31. The number of rotatable bonds is 9. The van der Waals surface area contributed by atoms with Crippen LogP contribution in [-0.4, -0.2) is 34.2 Å². The Morgan fingerprint density at radius 1 is 1.03 bits per heavy atom. The predicted octanol–water partition coefficient (Wildman–Crippen LogP) is 6.01. The van der Waals surface area contributed by atoms with E-state index in [9.17, 15) is 14.0 Å². The van der Waals surface area contributed by atoms with Gasteiger partial charge in [0.2, 0.25) is 5.91 Å². The highest BCUT2D eigenvalue weighted by Gasteiger charge is 2.26. The fourth-order valence-corrected chi connectivity index (χ4v) is 4.13. The fraction of sp³-hybridized carbons (Fsp3) is 0.280. The quantitative estimate of drug-likeness (QED) is 0.382. The molecule has 0 aliphatic carbocycles. The molecule has 0 aliphatic heterocycles. The minimum Gasteiger partial charge on any atom is -0.332 e. The summed E-state index contributed by atoms with van der Waals surface area (Å²) in [6, 6.07) is 16.6. The molecule has 3 rings (SSSR count). The van der Waals surface area contributed by atoms with Crippen molar-refractivity contribution < 1.29 is 14.0 Å². The van der Waals surface area contributed by atoms with E-state index < -0.39 is 0 Å². The Balaban J connectivity index is 1.82. The lowest BCUT2D eigenvalue weighted by Crippen LogP contribution is -2.46. The van der Waals surface area contributed by atoms with Crippen LogP contribution in [0.15, 0.2) is 66.0 Å². The van der Waals surface area contributed by atoms with Crippen molar-refractivity contribution in [1.82, 2.24) is 9.80 Å². The molecule has 1 unspecified atom stereocenters. The van der Waals surface area contributed by atoms with Gasteiger partial charge in [-0.15, -0.1) is 11.3 Å². The van der Waals surface area contributed by atoms with Crippen molar-refractivity contribution in [2.45, 2.75) is 39.4 Å². The van der Waals surface area contributed by atoms with Crippen LogP contribution < -0.4 is 0 Å². The summed E-state index contributed by atoms with van der Waals surface area (Å²) in [6.07, 6.45) is 0.718. The Kier molecular flexibility index (Phi) is 8.42. The highest BCUT2D eigenvalue weighted by atomic mass is 35.5. The molecule has 0 fully saturated rings. The summed E-state index contributed by atoms with van der Waals surface area (Å²) in [4.78, 5) is 31.0. The van der Waals surface area contributed by atoms with E-state index in [1.54, 1.807) is 57.5 Å². The van der Waals surface area contributed by atoms with Crippen LogP contribution in [0.5, 0.6) is 0 Å². The first-order valence-corrected chi connectivity index (χ1v) is 11.7. The molecular formula is C25H26ClFN2O2S. The molecule has 2 aromatic carbocycles. The van der Waals surface area contributed by atoms with Crippen LogP contribution >= 0.6 is 22.9 Å². The molecule has 7 heteroatoms. The molecule has 0 bridgehead atoms. The van der Waals surface area contributed by atoms with E-state index in [1.165, 1.54) is 12.1 Å². The molecule has 0 saturated heterocycles. The lowest BCUT2D eigenvalue weighted by atomic mass is 10.1. The van der Waals surface area contributed by atoms with Crippen molar-refractivity contribution in [2.75, 3.05) is 6.54 Å². The Bertz CT molecular complexity index is 1020. The lowest BCUT2D eigenvalue weighted by molar-refractivity contribution is -0.133. The number of thiophene rings is 1. The van der Waals surface area contributed by atoms with Gasteiger partial charge in [-0.2, -0.15) is 0 Å². The van der Waals surface area contributed by atoms with E-state index in [1.807, 2.05) is 31.4 Å². The van der Waals surface area contributed by atoms with Gasteiger partial charge in [-0.05, 0) is 66.8 Å². The zero-order valence-electron chi connectivity index (χ0n) is 18.1. The second-order valence-corrected chi connectivity index (χ2v) is 9.12. The van der Waals surface area contributed by atoms with Gasteiger partial charge in [0, 0.05) is 28.0 Å². The van der Waals surface area contributed by atoms with Crippen molar-refractivity contribution in [1.29, 1.82) is 0 Å². The third kappa shape index (κ3) is 6.40. The minimum atomic E-state index is -0.318. The van der Waals surface area contributed by atoms with Crippen molar-refractivity contribution >= 4 is 34.8 Å². The third-order valence-electron chi connectivity index (χ3n) is 5.35. The van der Waals surface area contributed by atoms with Gasteiger partial charge >= 0.3 is 0 Å². The van der Waals surface area contributed by atoms with Crippen LogP contribution in [0.4, 0.5) is 4.39 Å². The molecule has 1 atom stereocenters. The predicted molar refractivity (Wildman–Crippen MR) is 127 cm³/mol. The molecule has 3 aromatic rings. The Labute approximate surface area is 197 Å². The molecule has 0 N–H and O–H groups in total. The van der Waals surface area contributed by atoms with Gasteiger partial charge < -0.3 is 9.80 Å². The average molecular weight is 473 g/mol. The number of hydrogen-bond acceptors (Lipinski definition) is 3. The Morgan fingerprint density at radius 2 is 1.72 bits per heavy atom. The van der Waals surface area contributed by atoms with Crippen LogP contribution in [-0.2, 0) is 17.9 Å². The number of carbonyl (C=O) groups excluding carboxylic acids is 2.